The number of carbonyl (C=O) groups is 11. The number of carbonyl (C=O) groups excluding carboxylic acids is 11. The monoisotopic (exact) mass is 1270 g/mol. The van der Waals surface area contributed by atoms with Crippen molar-refractivity contribution in [1.29, 1.82) is 0 Å². The maximum atomic E-state index is 14.9. The number of aryl methyl sites for hydroxylation is 1. The van der Waals surface area contributed by atoms with Crippen LogP contribution in [0.3, 0.4) is 0 Å². The lowest BCUT2D eigenvalue weighted by Crippen LogP contribution is -2.67. The molecule has 2 heterocycles. The number of nitrogens with zero attached hydrogens (tertiary/aromatic N) is 7. The van der Waals surface area contributed by atoms with Crippen molar-refractivity contribution >= 4 is 65.0 Å². The Morgan fingerprint density at radius 1 is 0.622 bits per heavy atom. The third-order valence-electron chi connectivity index (χ3n) is 18.5. The normalized spacial score (nSPS) is 26.2. The van der Waals surface area contributed by atoms with E-state index in [9.17, 15) is 70.3 Å². The molecule has 1 spiro atoms. The number of benzene rings is 1. The second-order valence-electron chi connectivity index (χ2n) is 26.7. The minimum atomic E-state index is -4.99. The Labute approximate surface area is 528 Å². The number of halogens is 4. The summed E-state index contributed by atoms with van der Waals surface area (Å²) in [5, 5.41) is 11.4. The van der Waals surface area contributed by atoms with E-state index < -0.39 is 156 Å². The van der Waals surface area contributed by atoms with E-state index in [1.807, 2.05) is 34.6 Å². The lowest BCUT2D eigenvalue weighted by Gasteiger charge is -2.45. The summed E-state index contributed by atoms with van der Waals surface area (Å²) in [6.07, 6.45) is 0.976. The highest BCUT2D eigenvalue weighted by molar-refractivity contribution is 5.99. The first-order valence-corrected chi connectivity index (χ1v) is 32.0. The quantitative estimate of drug-likeness (QED) is 0.222. The van der Waals surface area contributed by atoms with Crippen LogP contribution in [0.2, 0.25) is 0 Å². The molecule has 0 bridgehead atoms. The molecule has 8 atom stereocenters. The van der Waals surface area contributed by atoms with Gasteiger partial charge in [-0.05, 0) is 112 Å². The Hall–Kier alpha value is -6.89. The van der Waals surface area contributed by atoms with E-state index in [1.165, 1.54) is 61.9 Å². The van der Waals surface area contributed by atoms with E-state index in [0.717, 1.165) is 52.9 Å². The zero-order chi connectivity index (χ0) is 67.3. The molecule has 5 rings (SSSR count). The van der Waals surface area contributed by atoms with Gasteiger partial charge in [0.05, 0.1) is 25.2 Å². The van der Waals surface area contributed by atoms with Crippen molar-refractivity contribution in [2.24, 2.45) is 23.7 Å². The Balaban J connectivity index is 1.54. The molecule has 4 aliphatic rings. The Morgan fingerprint density at radius 3 is 1.77 bits per heavy atom. The van der Waals surface area contributed by atoms with Gasteiger partial charge in [-0.2, -0.15) is 13.2 Å². The second-order valence-corrected chi connectivity index (χ2v) is 26.7. The topological polar surface area (TPSA) is 259 Å². The van der Waals surface area contributed by atoms with Gasteiger partial charge in [-0.1, -0.05) is 86.1 Å². The standard InChI is InChI=1S/C64H99F4N11O11/c1-14-40(6)55-61(89)75(10)36-53(82)73(8)37-54(83)77(12)50(34-42-20-16-15-17-21-42)60(88)74(9)35-51(80)70-46(26-24-43-23-25-44(45(65)33-43)64(66,67)68)59(87)79-29-18-22-47(79)58(86)72-63(27-19-28-63)62(90)78(13)49(31-39(4)5)56(84)69-41(7)32-52(81)76(11)48(30-38(2)3)57(85)71-55/h23,25,33,38-42,46-50,55H,14-22,24,26-32,34-37H2,1-13H3,(H,69,84)(H,70,80)(H,71,85)(H,72,86)/t40-,41+,46-,47-,48-,49-,50-,55-/m0/s1. The van der Waals surface area contributed by atoms with Crippen molar-refractivity contribution in [3.63, 3.8) is 0 Å². The molecule has 11 amide bonds. The van der Waals surface area contributed by atoms with E-state index in [-0.39, 0.29) is 87.6 Å². The van der Waals surface area contributed by atoms with E-state index in [0.29, 0.717) is 31.4 Å². The highest BCUT2D eigenvalue weighted by Crippen LogP contribution is 2.36. The van der Waals surface area contributed by atoms with Gasteiger partial charge in [0, 0.05) is 61.3 Å². The molecule has 2 aliphatic heterocycles. The van der Waals surface area contributed by atoms with E-state index in [1.54, 1.807) is 13.8 Å². The lowest BCUT2D eigenvalue weighted by atomic mass is 9.75. The first kappa shape index (κ1) is 73.8. The van der Waals surface area contributed by atoms with Gasteiger partial charge in [-0.25, -0.2) is 4.39 Å². The van der Waals surface area contributed by atoms with Crippen LogP contribution in [0.4, 0.5) is 17.6 Å². The molecular weight excluding hydrogens is 1170 g/mol. The first-order valence-electron chi connectivity index (χ1n) is 32.0. The van der Waals surface area contributed by atoms with Gasteiger partial charge >= 0.3 is 6.18 Å². The predicted molar refractivity (Wildman–Crippen MR) is 327 cm³/mol. The van der Waals surface area contributed by atoms with Gasteiger partial charge < -0.3 is 55.6 Å². The molecule has 1 aromatic carbocycles. The number of hydrogen-bond acceptors (Lipinski definition) is 11. The summed E-state index contributed by atoms with van der Waals surface area (Å²) >= 11 is 0. The summed E-state index contributed by atoms with van der Waals surface area (Å²) in [4.78, 5) is 167. The number of alkyl halides is 3. The van der Waals surface area contributed by atoms with Crippen LogP contribution in [0.5, 0.6) is 0 Å². The minimum Gasteiger partial charge on any atom is -0.351 e. The van der Waals surface area contributed by atoms with Crippen LogP contribution in [0.25, 0.3) is 0 Å². The van der Waals surface area contributed by atoms with Crippen LogP contribution >= 0.6 is 0 Å². The van der Waals surface area contributed by atoms with Crippen molar-refractivity contribution < 1.29 is 70.3 Å². The zero-order valence-electron chi connectivity index (χ0n) is 55.1. The molecule has 504 valence electrons. The summed E-state index contributed by atoms with van der Waals surface area (Å²) in [7, 11) is 8.46. The Morgan fingerprint density at radius 2 is 1.20 bits per heavy atom. The van der Waals surface area contributed by atoms with Crippen LogP contribution < -0.4 is 21.3 Å². The van der Waals surface area contributed by atoms with Gasteiger partial charge in [0.2, 0.25) is 65.0 Å². The first-order chi connectivity index (χ1) is 42.1. The molecule has 0 aromatic heterocycles. The number of fused-ring (bicyclic) bond motifs is 1. The Kier molecular flexibility index (Phi) is 26.6. The summed E-state index contributed by atoms with van der Waals surface area (Å²) in [6.45, 7) is 11.1. The lowest BCUT2D eigenvalue weighted by molar-refractivity contribution is -0.152. The average molecular weight is 1270 g/mol. The fourth-order valence-electron chi connectivity index (χ4n) is 12.6. The van der Waals surface area contributed by atoms with Crippen LogP contribution in [-0.2, 0) is 65.3 Å². The number of hydrogen-bond donors (Lipinski definition) is 4. The van der Waals surface area contributed by atoms with Crippen LogP contribution in [-0.4, -0.2) is 216 Å². The highest BCUT2D eigenvalue weighted by Gasteiger charge is 2.51. The van der Waals surface area contributed by atoms with Crippen molar-refractivity contribution in [3.8, 4) is 0 Å². The summed E-state index contributed by atoms with van der Waals surface area (Å²) < 4.78 is 55.7. The average Bonchev–Trinajstić information content (AvgIpc) is 2.12. The van der Waals surface area contributed by atoms with Gasteiger partial charge in [0.1, 0.15) is 47.6 Å². The summed E-state index contributed by atoms with van der Waals surface area (Å²) in [5.74, 6) is -9.27. The second kappa shape index (κ2) is 32.4. The fourth-order valence-corrected chi connectivity index (χ4v) is 12.6. The van der Waals surface area contributed by atoms with Crippen LogP contribution in [0.1, 0.15) is 162 Å². The van der Waals surface area contributed by atoms with Gasteiger partial charge in [0.15, 0.2) is 0 Å². The number of nitrogens with one attached hydrogen (secondary N) is 4. The van der Waals surface area contributed by atoms with Gasteiger partial charge in [-0.15, -0.1) is 0 Å². The highest BCUT2D eigenvalue weighted by atomic mass is 19.4. The molecule has 0 radical (unpaired) electrons. The van der Waals surface area contributed by atoms with Gasteiger partial charge in [-0.3, -0.25) is 52.7 Å². The molecule has 22 nitrogen and oxygen atoms in total. The maximum absolute atomic E-state index is 14.9. The molecule has 4 N–H and O–H groups in total. The molecule has 1 aromatic rings. The summed E-state index contributed by atoms with van der Waals surface area (Å²) in [5.41, 5.74) is -2.92. The largest absolute Gasteiger partial charge is 0.419 e. The Bertz CT molecular complexity index is 2760. The molecule has 0 unspecified atom stereocenters. The SMILES string of the molecule is CC[C@H](C)[C@@H]1NC(=O)[C@H](CC(C)C)N(C)C(=O)C[C@@H](C)NC(=O)[C@H](CC(C)C)N(C)C(=O)C2(CCC2)NC(=O)[C@@H]2CCCN2C(=O)[C@H](CCc2ccc(C(F)(F)F)c(F)c2)NC(=O)CN(C)C(=O)[C@H](CC2CCCCC2)N(C)C(=O)CN(C)C(=O)CN(C)C1=O. The molecular formula is C64H99F4N11O11. The maximum Gasteiger partial charge on any atom is 0.419 e. The van der Waals surface area contributed by atoms with E-state index in [2.05, 4.69) is 21.3 Å². The number of likely N-dealkylation sites (N-methyl/N-ethyl adjacent to an activating group) is 6. The van der Waals surface area contributed by atoms with Crippen LogP contribution in [0, 0.1) is 29.5 Å². The molecule has 90 heavy (non-hydrogen) atoms. The molecule has 26 heteroatoms. The fraction of sp³-hybridized carbons (Fsp3) is 0.734. The summed E-state index contributed by atoms with van der Waals surface area (Å²) in [6, 6.07) is -5.56. The van der Waals surface area contributed by atoms with Crippen molar-refractivity contribution in [2.75, 3.05) is 68.5 Å². The third-order valence-corrected chi connectivity index (χ3v) is 18.5. The smallest absolute Gasteiger partial charge is 0.351 e. The molecule has 2 aliphatic carbocycles. The predicted octanol–water partition coefficient (Wildman–Crippen LogP) is 4.65. The number of amides is 11. The van der Waals surface area contributed by atoms with E-state index in [4.69, 9.17) is 0 Å². The number of rotatable bonds is 11. The third kappa shape index (κ3) is 19.3. The van der Waals surface area contributed by atoms with Crippen molar-refractivity contribution in [1.82, 2.24) is 55.6 Å². The molecule has 2 saturated heterocycles. The van der Waals surface area contributed by atoms with Gasteiger partial charge in [0.25, 0.3) is 0 Å². The molecule has 2 saturated carbocycles. The molecule has 4 fully saturated rings. The zero-order valence-corrected chi connectivity index (χ0v) is 55.1. The van der Waals surface area contributed by atoms with Crippen molar-refractivity contribution in [3.05, 3.63) is 35.1 Å². The van der Waals surface area contributed by atoms with Crippen molar-refractivity contribution in [2.45, 2.75) is 212 Å². The van der Waals surface area contributed by atoms with Crippen LogP contribution in [0.15, 0.2) is 18.2 Å². The minimum absolute atomic E-state index is 0.0170. The van der Waals surface area contributed by atoms with E-state index >= 15 is 0 Å².